The van der Waals surface area contributed by atoms with Gasteiger partial charge in [0, 0.05) is 5.56 Å². The number of furan rings is 1. The third kappa shape index (κ3) is 3.23. The fourth-order valence-electron chi connectivity index (χ4n) is 1.73. The number of carboxylic acids is 1. The number of aromatic carboxylic acids is 1. The third-order valence-electron chi connectivity index (χ3n) is 2.71. The van der Waals surface area contributed by atoms with Crippen LogP contribution in [0.5, 0.6) is 0 Å². The molecule has 0 aliphatic carbocycles. The topological polar surface area (TPSA) is 117 Å². The van der Waals surface area contributed by atoms with Crippen LogP contribution in [-0.2, 0) is 10.0 Å². The highest BCUT2D eigenvalue weighted by Crippen LogP contribution is 2.25. The van der Waals surface area contributed by atoms with Gasteiger partial charge >= 0.3 is 5.97 Å². The molecule has 7 nitrogen and oxygen atoms in total. The molecular weight excluding hydrogens is 298 g/mol. The van der Waals surface area contributed by atoms with E-state index in [-0.39, 0.29) is 5.69 Å². The van der Waals surface area contributed by atoms with Crippen LogP contribution in [0.2, 0.25) is 0 Å². The second kappa shape index (κ2) is 5.58. The lowest BCUT2D eigenvalue weighted by molar-refractivity contribution is 0.0656. The SMILES string of the molecule is CC(O)c1ccccc1NS(=O)(=O)c1ccc(C(=O)O)o1. The highest BCUT2D eigenvalue weighted by molar-refractivity contribution is 7.92. The van der Waals surface area contributed by atoms with Gasteiger partial charge in [-0.2, -0.15) is 8.42 Å². The summed E-state index contributed by atoms with van der Waals surface area (Å²) < 4.78 is 31.3. The van der Waals surface area contributed by atoms with Crippen LogP contribution in [0.25, 0.3) is 0 Å². The van der Waals surface area contributed by atoms with E-state index in [0.717, 1.165) is 12.1 Å². The summed E-state index contributed by atoms with van der Waals surface area (Å²) in [4.78, 5) is 10.7. The van der Waals surface area contributed by atoms with Crippen molar-refractivity contribution in [1.82, 2.24) is 0 Å². The average molecular weight is 311 g/mol. The predicted octanol–water partition coefficient (Wildman–Crippen LogP) is 1.83. The number of anilines is 1. The van der Waals surface area contributed by atoms with Gasteiger partial charge in [-0.25, -0.2) is 4.79 Å². The van der Waals surface area contributed by atoms with Crippen molar-refractivity contribution >= 4 is 21.7 Å². The number of carbonyl (C=O) groups is 1. The van der Waals surface area contributed by atoms with Gasteiger partial charge in [-0.15, -0.1) is 0 Å². The Balaban J connectivity index is 2.35. The molecule has 0 saturated carbocycles. The summed E-state index contributed by atoms with van der Waals surface area (Å²) in [5, 5.41) is 17.8. The lowest BCUT2D eigenvalue weighted by atomic mass is 10.1. The maximum absolute atomic E-state index is 12.1. The van der Waals surface area contributed by atoms with Crippen molar-refractivity contribution < 1.29 is 27.8 Å². The van der Waals surface area contributed by atoms with Gasteiger partial charge in [-0.3, -0.25) is 4.72 Å². The molecule has 1 heterocycles. The van der Waals surface area contributed by atoms with Gasteiger partial charge in [-0.1, -0.05) is 18.2 Å². The maximum Gasteiger partial charge on any atom is 0.371 e. The first-order chi connectivity index (χ1) is 9.81. The molecule has 1 atom stereocenters. The molecule has 21 heavy (non-hydrogen) atoms. The fraction of sp³-hybridized carbons (Fsp3) is 0.154. The number of aliphatic hydroxyl groups excluding tert-OH is 1. The highest BCUT2D eigenvalue weighted by Gasteiger charge is 2.22. The van der Waals surface area contributed by atoms with Crippen LogP contribution >= 0.6 is 0 Å². The fourth-order valence-corrected chi connectivity index (χ4v) is 2.75. The number of sulfonamides is 1. The van der Waals surface area contributed by atoms with Crippen LogP contribution < -0.4 is 4.72 Å². The second-order valence-electron chi connectivity index (χ2n) is 4.29. The van der Waals surface area contributed by atoms with E-state index >= 15 is 0 Å². The van der Waals surface area contributed by atoms with Crippen molar-refractivity contribution in [2.24, 2.45) is 0 Å². The molecule has 0 bridgehead atoms. The van der Waals surface area contributed by atoms with Gasteiger partial charge in [0.15, 0.2) is 0 Å². The minimum atomic E-state index is -4.07. The van der Waals surface area contributed by atoms with Gasteiger partial charge < -0.3 is 14.6 Å². The van der Waals surface area contributed by atoms with Crippen LogP contribution in [0.15, 0.2) is 45.9 Å². The summed E-state index contributed by atoms with van der Waals surface area (Å²) in [5.41, 5.74) is 0.590. The molecule has 1 unspecified atom stereocenters. The third-order valence-corrected chi connectivity index (χ3v) is 3.95. The van der Waals surface area contributed by atoms with Gasteiger partial charge in [0.05, 0.1) is 11.8 Å². The number of para-hydroxylation sites is 1. The van der Waals surface area contributed by atoms with Crippen molar-refractivity contribution in [3.63, 3.8) is 0 Å². The molecule has 0 saturated heterocycles. The molecule has 8 heteroatoms. The molecule has 0 spiro atoms. The number of benzene rings is 1. The monoisotopic (exact) mass is 311 g/mol. The molecule has 0 aliphatic heterocycles. The summed E-state index contributed by atoms with van der Waals surface area (Å²) in [6, 6.07) is 8.44. The maximum atomic E-state index is 12.1. The van der Waals surface area contributed by atoms with Gasteiger partial charge in [-0.05, 0) is 25.1 Å². The second-order valence-corrected chi connectivity index (χ2v) is 5.91. The zero-order chi connectivity index (χ0) is 15.6. The Bertz CT molecular complexity index is 762. The summed E-state index contributed by atoms with van der Waals surface area (Å²) in [6.45, 7) is 1.50. The zero-order valence-corrected chi connectivity index (χ0v) is 11.8. The highest BCUT2D eigenvalue weighted by atomic mass is 32.2. The average Bonchev–Trinajstić information content (AvgIpc) is 2.89. The van der Waals surface area contributed by atoms with E-state index in [2.05, 4.69) is 4.72 Å². The van der Waals surface area contributed by atoms with E-state index in [9.17, 15) is 18.3 Å². The van der Waals surface area contributed by atoms with Crippen LogP contribution in [0.4, 0.5) is 5.69 Å². The number of hydrogen-bond acceptors (Lipinski definition) is 5. The van der Waals surface area contributed by atoms with Crippen LogP contribution in [0.3, 0.4) is 0 Å². The smallest absolute Gasteiger partial charge is 0.371 e. The van der Waals surface area contributed by atoms with E-state index in [4.69, 9.17) is 9.52 Å². The van der Waals surface area contributed by atoms with E-state index in [1.165, 1.54) is 13.0 Å². The molecule has 0 fully saturated rings. The van der Waals surface area contributed by atoms with E-state index in [1.807, 2.05) is 0 Å². The van der Waals surface area contributed by atoms with E-state index < -0.39 is 32.9 Å². The molecule has 0 amide bonds. The first kappa shape index (κ1) is 15.1. The van der Waals surface area contributed by atoms with Crippen LogP contribution in [-0.4, -0.2) is 24.6 Å². The Morgan fingerprint density at radius 1 is 1.24 bits per heavy atom. The minimum Gasteiger partial charge on any atom is -0.475 e. The molecule has 1 aromatic heterocycles. The lowest BCUT2D eigenvalue weighted by Crippen LogP contribution is -2.14. The Labute approximate surface area is 120 Å². The predicted molar refractivity (Wildman–Crippen MR) is 73.6 cm³/mol. The summed E-state index contributed by atoms with van der Waals surface area (Å²) in [7, 11) is -4.07. The molecule has 0 radical (unpaired) electrons. The first-order valence-corrected chi connectivity index (χ1v) is 7.42. The van der Waals surface area contributed by atoms with Gasteiger partial charge in [0.25, 0.3) is 10.0 Å². The minimum absolute atomic E-state index is 0.195. The number of aliphatic hydroxyl groups is 1. The van der Waals surface area contributed by atoms with Crippen molar-refractivity contribution in [3.05, 3.63) is 47.7 Å². The van der Waals surface area contributed by atoms with Crippen LogP contribution in [0.1, 0.15) is 29.1 Å². The van der Waals surface area contributed by atoms with Gasteiger partial charge in [0.2, 0.25) is 10.9 Å². The summed E-state index contributed by atoms with van der Waals surface area (Å²) in [6.07, 6.45) is -0.866. The molecule has 2 rings (SSSR count). The molecule has 0 aliphatic rings. The number of nitrogens with one attached hydrogen (secondary N) is 1. The van der Waals surface area contributed by atoms with Crippen molar-refractivity contribution in [1.29, 1.82) is 0 Å². The number of hydrogen-bond donors (Lipinski definition) is 3. The lowest BCUT2D eigenvalue weighted by Gasteiger charge is -2.13. The van der Waals surface area contributed by atoms with Crippen molar-refractivity contribution in [2.75, 3.05) is 4.72 Å². The largest absolute Gasteiger partial charge is 0.475 e. The summed E-state index contributed by atoms with van der Waals surface area (Å²) in [5.74, 6) is -1.83. The van der Waals surface area contributed by atoms with E-state index in [0.29, 0.717) is 5.56 Å². The number of carboxylic acid groups (broad SMARTS) is 1. The number of rotatable bonds is 5. The molecule has 1 aromatic carbocycles. The molecule has 3 N–H and O–H groups in total. The Kier molecular flexibility index (Phi) is 4.01. The summed E-state index contributed by atoms with van der Waals surface area (Å²) >= 11 is 0. The van der Waals surface area contributed by atoms with Gasteiger partial charge in [0.1, 0.15) is 0 Å². The molecule has 112 valence electrons. The normalized spacial score (nSPS) is 12.9. The van der Waals surface area contributed by atoms with Crippen molar-refractivity contribution in [3.8, 4) is 0 Å². The first-order valence-electron chi connectivity index (χ1n) is 5.94. The zero-order valence-electron chi connectivity index (χ0n) is 11.0. The van der Waals surface area contributed by atoms with E-state index in [1.54, 1.807) is 18.2 Å². The molecular formula is C13H13NO6S. The molecule has 2 aromatic rings. The Morgan fingerprint density at radius 3 is 2.48 bits per heavy atom. The van der Waals surface area contributed by atoms with Crippen LogP contribution in [0, 0.1) is 0 Å². The Hall–Kier alpha value is -2.32. The standard InChI is InChI=1S/C13H13NO6S/c1-8(15)9-4-2-3-5-10(9)14-21(18,19)12-7-6-11(20-12)13(16)17/h2-8,14-15H,1H3,(H,16,17). The Morgan fingerprint density at radius 2 is 1.90 bits per heavy atom. The van der Waals surface area contributed by atoms with Crippen molar-refractivity contribution in [2.45, 2.75) is 18.1 Å². The quantitative estimate of drug-likeness (QED) is 0.775.